The molecule has 1 heteroatoms. The van der Waals surface area contributed by atoms with Crippen LogP contribution >= 0.6 is 0 Å². The second-order valence-corrected chi connectivity index (χ2v) is 8.21. The highest BCUT2D eigenvalue weighted by Gasteiger charge is 2.51. The lowest BCUT2D eigenvalue weighted by Crippen LogP contribution is -2.07. The van der Waals surface area contributed by atoms with Gasteiger partial charge < -0.3 is 4.90 Å². The fourth-order valence-corrected chi connectivity index (χ4v) is 4.31. The number of benzene rings is 3. The summed E-state index contributed by atoms with van der Waals surface area (Å²) in [6.45, 7) is 9.23. The maximum atomic E-state index is 2.65. The Morgan fingerprint density at radius 2 is 0.963 bits per heavy atom. The molecule has 2 atom stereocenters. The molecule has 0 aliphatic carbocycles. The van der Waals surface area contributed by atoms with Gasteiger partial charge in [0.25, 0.3) is 0 Å². The number of hydrogen-bond donors (Lipinski definition) is 0. The van der Waals surface area contributed by atoms with Gasteiger partial charge in [-0.25, -0.2) is 0 Å². The monoisotopic (exact) mass is 355 g/mol. The molecule has 0 amide bonds. The lowest BCUT2D eigenvalue weighted by Gasteiger charge is -2.22. The third-order valence-electron chi connectivity index (χ3n) is 5.69. The lowest BCUT2D eigenvalue weighted by atomic mass is 9.92. The van der Waals surface area contributed by atoms with Crippen molar-refractivity contribution in [3.63, 3.8) is 0 Å². The Kier molecular flexibility index (Phi) is 4.78. The highest BCUT2D eigenvalue weighted by molar-refractivity contribution is 5.70. The molecule has 1 aliphatic heterocycles. The molecule has 3 aromatic rings. The van der Waals surface area contributed by atoms with Crippen LogP contribution in [0.15, 0.2) is 78.9 Å². The summed E-state index contributed by atoms with van der Waals surface area (Å²) in [7, 11) is 0. The van der Waals surface area contributed by atoms with Crippen LogP contribution in [0.25, 0.3) is 0 Å². The first-order chi connectivity index (χ1) is 13.1. The van der Waals surface area contributed by atoms with E-state index in [1.807, 2.05) is 0 Å². The molecule has 1 nitrogen and oxygen atoms in total. The standard InChI is InChI=1S/C26H29N/c1-18(2)22-16-11-17-23(19(3)4)26(22)27-24(20-12-7-5-8-13-20)25(27)21-14-9-6-10-15-21/h5-19,24-25H,1-4H3/t24-,25?,27?/m1/s1. The van der Waals surface area contributed by atoms with Crippen LogP contribution in [-0.4, -0.2) is 0 Å². The van der Waals surface area contributed by atoms with Crippen molar-refractivity contribution in [2.45, 2.75) is 51.6 Å². The van der Waals surface area contributed by atoms with Crippen molar-refractivity contribution in [3.8, 4) is 0 Å². The van der Waals surface area contributed by atoms with Crippen molar-refractivity contribution in [1.29, 1.82) is 0 Å². The van der Waals surface area contributed by atoms with Gasteiger partial charge in [-0.05, 0) is 34.1 Å². The van der Waals surface area contributed by atoms with Crippen LogP contribution in [0.1, 0.15) is 73.9 Å². The largest absolute Gasteiger partial charge is 0.352 e. The average molecular weight is 356 g/mol. The third-order valence-corrected chi connectivity index (χ3v) is 5.69. The molecule has 3 aromatic carbocycles. The van der Waals surface area contributed by atoms with E-state index in [1.54, 1.807) is 0 Å². The summed E-state index contributed by atoms with van der Waals surface area (Å²) in [4.78, 5) is 2.65. The predicted octanol–water partition coefficient (Wildman–Crippen LogP) is 7.24. The van der Waals surface area contributed by atoms with E-state index in [9.17, 15) is 0 Å². The summed E-state index contributed by atoms with van der Waals surface area (Å²) in [5, 5.41) is 0. The Morgan fingerprint density at radius 1 is 0.556 bits per heavy atom. The molecule has 0 radical (unpaired) electrons. The first kappa shape index (κ1) is 17.9. The van der Waals surface area contributed by atoms with Crippen LogP contribution in [-0.2, 0) is 0 Å². The fourth-order valence-electron chi connectivity index (χ4n) is 4.31. The van der Waals surface area contributed by atoms with Gasteiger partial charge in [0.1, 0.15) is 0 Å². The Hall–Kier alpha value is -2.54. The second kappa shape index (κ2) is 7.23. The highest BCUT2D eigenvalue weighted by Crippen LogP contribution is 2.59. The van der Waals surface area contributed by atoms with E-state index in [1.165, 1.54) is 27.9 Å². The van der Waals surface area contributed by atoms with E-state index < -0.39 is 0 Å². The Labute approximate surface area is 163 Å². The van der Waals surface area contributed by atoms with Crippen LogP contribution in [0.3, 0.4) is 0 Å². The van der Waals surface area contributed by atoms with Gasteiger partial charge in [0.2, 0.25) is 0 Å². The maximum Gasteiger partial charge on any atom is 0.0796 e. The van der Waals surface area contributed by atoms with Gasteiger partial charge in [-0.2, -0.15) is 0 Å². The maximum absolute atomic E-state index is 2.65. The van der Waals surface area contributed by atoms with Crippen LogP contribution in [0.2, 0.25) is 0 Å². The zero-order chi connectivity index (χ0) is 19.0. The van der Waals surface area contributed by atoms with Crippen molar-refractivity contribution >= 4 is 5.69 Å². The van der Waals surface area contributed by atoms with Gasteiger partial charge in [-0.3, -0.25) is 0 Å². The van der Waals surface area contributed by atoms with E-state index in [4.69, 9.17) is 0 Å². The van der Waals surface area contributed by atoms with Crippen molar-refractivity contribution in [3.05, 3.63) is 101 Å². The Balaban J connectivity index is 1.86. The molecule has 1 aliphatic rings. The molecule has 0 bridgehead atoms. The summed E-state index contributed by atoms with van der Waals surface area (Å²) in [6, 6.07) is 29.6. The number of anilines is 1. The normalized spacial score (nSPS) is 19.0. The predicted molar refractivity (Wildman–Crippen MR) is 115 cm³/mol. The molecule has 0 saturated carbocycles. The first-order valence-electron chi connectivity index (χ1n) is 10.1. The molecule has 1 unspecified atom stereocenters. The zero-order valence-electron chi connectivity index (χ0n) is 16.8. The Morgan fingerprint density at radius 3 is 1.33 bits per heavy atom. The third kappa shape index (κ3) is 3.27. The fraction of sp³-hybridized carbons (Fsp3) is 0.308. The number of rotatable bonds is 5. The van der Waals surface area contributed by atoms with E-state index in [0.717, 1.165) is 0 Å². The van der Waals surface area contributed by atoms with Gasteiger partial charge >= 0.3 is 0 Å². The van der Waals surface area contributed by atoms with Crippen molar-refractivity contribution in [2.24, 2.45) is 0 Å². The minimum Gasteiger partial charge on any atom is -0.352 e. The molecular formula is C26H29N. The summed E-state index contributed by atoms with van der Waals surface area (Å²) >= 11 is 0. The Bertz CT molecular complexity index is 824. The van der Waals surface area contributed by atoms with E-state index >= 15 is 0 Å². The van der Waals surface area contributed by atoms with Gasteiger partial charge in [0.15, 0.2) is 0 Å². The van der Waals surface area contributed by atoms with Crippen molar-refractivity contribution in [2.75, 3.05) is 4.90 Å². The number of para-hydroxylation sites is 1. The van der Waals surface area contributed by atoms with Crippen LogP contribution < -0.4 is 4.90 Å². The number of hydrogen-bond acceptors (Lipinski definition) is 1. The smallest absolute Gasteiger partial charge is 0.0796 e. The summed E-state index contributed by atoms with van der Waals surface area (Å²) in [6.07, 6.45) is 0. The summed E-state index contributed by atoms with van der Waals surface area (Å²) in [5.74, 6) is 1.01. The summed E-state index contributed by atoms with van der Waals surface area (Å²) < 4.78 is 0. The molecule has 4 rings (SSSR count). The first-order valence-corrected chi connectivity index (χ1v) is 10.1. The molecule has 27 heavy (non-hydrogen) atoms. The topological polar surface area (TPSA) is 3.01 Å². The van der Waals surface area contributed by atoms with Crippen LogP contribution in [0, 0.1) is 0 Å². The van der Waals surface area contributed by atoms with Gasteiger partial charge in [-0.15, -0.1) is 0 Å². The second-order valence-electron chi connectivity index (χ2n) is 8.21. The van der Waals surface area contributed by atoms with Crippen LogP contribution in [0.4, 0.5) is 5.69 Å². The van der Waals surface area contributed by atoms with Crippen molar-refractivity contribution < 1.29 is 0 Å². The van der Waals surface area contributed by atoms with E-state index in [-0.39, 0.29) is 0 Å². The van der Waals surface area contributed by atoms with E-state index in [2.05, 4.69) is 111 Å². The average Bonchev–Trinajstić information content (AvgIpc) is 3.44. The quantitative estimate of drug-likeness (QED) is 0.436. The SMILES string of the molecule is CC(C)c1cccc(C(C)C)c1N1C(c2ccccc2)[C@H]1c1ccccc1. The minimum atomic E-state index is 0.408. The summed E-state index contributed by atoms with van der Waals surface area (Å²) in [5.41, 5.74) is 7.17. The molecular weight excluding hydrogens is 326 g/mol. The molecule has 1 heterocycles. The lowest BCUT2D eigenvalue weighted by molar-refractivity contribution is 0.828. The van der Waals surface area contributed by atoms with Gasteiger partial charge in [0.05, 0.1) is 12.1 Å². The molecule has 1 saturated heterocycles. The number of nitrogens with zero attached hydrogens (tertiary/aromatic N) is 1. The molecule has 0 aromatic heterocycles. The van der Waals surface area contributed by atoms with Gasteiger partial charge in [0, 0.05) is 5.69 Å². The molecule has 138 valence electrons. The zero-order valence-corrected chi connectivity index (χ0v) is 16.8. The molecule has 1 fully saturated rings. The minimum absolute atomic E-state index is 0.408. The molecule has 0 N–H and O–H groups in total. The van der Waals surface area contributed by atoms with E-state index in [0.29, 0.717) is 23.9 Å². The van der Waals surface area contributed by atoms with Gasteiger partial charge in [-0.1, -0.05) is 107 Å². The molecule has 0 spiro atoms. The van der Waals surface area contributed by atoms with Crippen LogP contribution in [0.5, 0.6) is 0 Å². The highest BCUT2D eigenvalue weighted by atomic mass is 15.4. The van der Waals surface area contributed by atoms with Crippen molar-refractivity contribution in [1.82, 2.24) is 0 Å².